The summed E-state index contributed by atoms with van der Waals surface area (Å²) < 4.78 is 77.8. The van der Waals surface area contributed by atoms with Gasteiger partial charge in [0.2, 0.25) is 15.8 Å². The van der Waals surface area contributed by atoms with Gasteiger partial charge in [-0.2, -0.15) is 4.80 Å². The first-order valence-corrected chi connectivity index (χ1v) is 10.5. The summed E-state index contributed by atoms with van der Waals surface area (Å²) in [4.78, 5) is 5.04. The fourth-order valence-corrected chi connectivity index (χ4v) is 3.70. The molecular formula is C17H16F4N6O4S. The fraction of sp³-hybridized carbons (Fsp3) is 0.294. The molecule has 3 aromatic rings. The average Bonchev–Trinajstić information content (AvgIpc) is 3.11. The predicted molar refractivity (Wildman–Crippen MR) is 101 cm³/mol. The number of aromatic nitrogens is 5. The molecule has 0 saturated heterocycles. The molecule has 0 fully saturated rings. The van der Waals surface area contributed by atoms with Crippen molar-refractivity contribution in [3.63, 3.8) is 0 Å². The van der Waals surface area contributed by atoms with Gasteiger partial charge in [0, 0.05) is 5.56 Å². The number of hydrogen-bond donors (Lipinski definition) is 2. The van der Waals surface area contributed by atoms with Crippen molar-refractivity contribution in [1.29, 1.82) is 0 Å². The minimum atomic E-state index is -5.06. The third kappa shape index (κ3) is 5.95. The van der Waals surface area contributed by atoms with Crippen molar-refractivity contribution in [2.24, 2.45) is 5.14 Å². The Hall–Kier alpha value is -3.17. The van der Waals surface area contributed by atoms with Crippen molar-refractivity contribution in [1.82, 2.24) is 25.2 Å². The van der Waals surface area contributed by atoms with Gasteiger partial charge in [0.05, 0.1) is 18.0 Å². The van der Waals surface area contributed by atoms with Gasteiger partial charge in [0.15, 0.2) is 11.6 Å². The monoisotopic (exact) mass is 476 g/mol. The number of benzene rings is 1. The van der Waals surface area contributed by atoms with Crippen LogP contribution in [0.15, 0.2) is 36.4 Å². The zero-order valence-corrected chi connectivity index (χ0v) is 17.1. The molecule has 0 aliphatic rings. The van der Waals surface area contributed by atoms with E-state index in [0.717, 1.165) is 10.9 Å². The van der Waals surface area contributed by atoms with Crippen molar-refractivity contribution >= 4 is 10.0 Å². The van der Waals surface area contributed by atoms with Crippen molar-refractivity contribution in [3.8, 4) is 17.3 Å². The first-order chi connectivity index (χ1) is 14.7. The van der Waals surface area contributed by atoms with Gasteiger partial charge in [0.1, 0.15) is 11.3 Å². The molecule has 0 saturated carbocycles. The molecule has 1 atom stereocenters. The number of tetrazole rings is 1. The van der Waals surface area contributed by atoms with Crippen LogP contribution in [0.25, 0.3) is 11.5 Å². The molecular weight excluding hydrogens is 460 g/mol. The van der Waals surface area contributed by atoms with Crippen molar-refractivity contribution < 1.29 is 35.8 Å². The van der Waals surface area contributed by atoms with Crippen LogP contribution in [0.4, 0.5) is 17.6 Å². The van der Waals surface area contributed by atoms with Gasteiger partial charge >= 0.3 is 6.36 Å². The average molecular weight is 476 g/mol. The lowest BCUT2D eigenvalue weighted by atomic mass is 10.0. The first kappa shape index (κ1) is 23.5. The van der Waals surface area contributed by atoms with E-state index in [4.69, 9.17) is 5.14 Å². The summed E-state index contributed by atoms with van der Waals surface area (Å²) in [6, 6.07) is 7.53. The summed E-state index contributed by atoms with van der Waals surface area (Å²) in [5.74, 6) is -3.07. The van der Waals surface area contributed by atoms with E-state index < -0.39 is 39.3 Å². The third-order valence-corrected chi connectivity index (χ3v) is 5.01. The van der Waals surface area contributed by atoms with Crippen LogP contribution in [0.5, 0.6) is 5.75 Å². The topological polar surface area (TPSA) is 146 Å². The summed E-state index contributed by atoms with van der Waals surface area (Å²) in [6.07, 6.45) is -5.06. The van der Waals surface area contributed by atoms with E-state index in [9.17, 15) is 31.1 Å². The molecule has 3 rings (SSSR count). The third-order valence-electron chi connectivity index (χ3n) is 4.05. The van der Waals surface area contributed by atoms with Gasteiger partial charge in [-0.25, -0.2) is 22.9 Å². The molecule has 3 N–H and O–H groups in total. The second-order valence-corrected chi connectivity index (χ2v) is 8.52. The number of pyridine rings is 1. The molecule has 0 radical (unpaired) electrons. The Balaban J connectivity index is 1.84. The number of halogens is 4. The second-order valence-electron chi connectivity index (χ2n) is 6.91. The van der Waals surface area contributed by atoms with E-state index in [2.05, 4.69) is 25.1 Å². The first-order valence-electron chi connectivity index (χ1n) is 8.75. The zero-order chi connectivity index (χ0) is 23.7. The minimum absolute atomic E-state index is 0.0246. The Labute approximate surface area is 178 Å². The van der Waals surface area contributed by atoms with E-state index in [1.807, 2.05) is 0 Å². The van der Waals surface area contributed by atoms with Gasteiger partial charge in [-0.15, -0.1) is 23.4 Å². The molecule has 0 aliphatic carbocycles. The van der Waals surface area contributed by atoms with Crippen LogP contribution < -0.4 is 9.88 Å². The number of alkyl halides is 3. The van der Waals surface area contributed by atoms with Crippen molar-refractivity contribution in [2.75, 3.05) is 5.75 Å². The Morgan fingerprint density at radius 2 is 1.88 bits per heavy atom. The van der Waals surface area contributed by atoms with E-state index in [0.29, 0.717) is 0 Å². The van der Waals surface area contributed by atoms with Crippen LogP contribution in [0.2, 0.25) is 0 Å². The molecule has 0 bridgehead atoms. The van der Waals surface area contributed by atoms with Gasteiger partial charge < -0.3 is 9.84 Å². The maximum atomic E-state index is 14.3. The Bertz CT molecular complexity index is 1230. The molecule has 2 aromatic heterocycles. The molecule has 0 aliphatic heterocycles. The van der Waals surface area contributed by atoms with Crippen LogP contribution in [-0.4, -0.2) is 50.8 Å². The summed E-state index contributed by atoms with van der Waals surface area (Å²) in [7, 11) is -4.01. The van der Waals surface area contributed by atoms with Crippen LogP contribution in [0.1, 0.15) is 18.2 Å². The normalized spacial score (nSPS) is 14.2. The van der Waals surface area contributed by atoms with Crippen LogP contribution >= 0.6 is 0 Å². The lowest BCUT2D eigenvalue weighted by Gasteiger charge is -2.21. The van der Waals surface area contributed by atoms with Crippen LogP contribution in [0.3, 0.4) is 0 Å². The number of aliphatic hydroxyl groups is 1. The summed E-state index contributed by atoms with van der Waals surface area (Å²) in [5.41, 5.74) is -2.00. The van der Waals surface area contributed by atoms with Gasteiger partial charge in [-0.05, 0) is 30.3 Å². The second kappa shape index (κ2) is 8.40. The highest BCUT2D eigenvalue weighted by Gasteiger charge is 2.33. The Morgan fingerprint density at radius 1 is 1.19 bits per heavy atom. The quantitative estimate of drug-likeness (QED) is 0.486. The lowest BCUT2D eigenvalue weighted by Crippen LogP contribution is -2.35. The highest BCUT2D eigenvalue weighted by atomic mass is 32.2. The minimum Gasteiger partial charge on any atom is -0.403 e. The predicted octanol–water partition coefficient (Wildman–Crippen LogP) is 1.32. The van der Waals surface area contributed by atoms with Crippen molar-refractivity contribution in [2.45, 2.75) is 25.4 Å². The van der Waals surface area contributed by atoms with Crippen LogP contribution in [-0.2, 0) is 22.2 Å². The summed E-state index contributed by atoms with van der Waals surface area (Å²) in [5, 5.41) is 26.9. The molecule has 32 heavy (non-hydrogen) atoms. The molecule has 172 valence electrons. The lowest BCUT2D eigenvalue weighted by molar-refractivity contribution is -0.275. The van der Waals surface area contributed by atoms with E-state index in [1.54, 1.807) is 0 Å². The number of primary sulfonamides is 1. The van der Waals surface area contributed by atoms with E-state index in [1.165, 1.54) is 37.3 Å². The Morgan fingerprint density at radius 3 is 2.53 bits per heavy atom. The number of sulfonamides is 1. The summed E-state index contributed by atoms with van der Waals surface area (Å²) in [6.45, 7) is 0.850. The largest absolute Gasteiger partial charge is 0.573 e. The SMILES string of the molecule is CC(O)(CS(N)(=O)=O)c1cccc(-c2nnn(Cc3cccc(OC(F)(F)F)c3F)n2)n1. The van der Waals surface area contributed by atoms with Gasteiger partial charge in [0.25, 0.3) is 0 Å². The standard InChI is InChI=1S/C17H16F4N6O4S/c1-16(28,9-32(22,29)30)13-7-3-5-11(23-13)15-24-26-27(25-15)8-10-4-2-6-12(14(10)18)31-17(19,20)21/h2-7,28H,8-9H2,1H3,(H2,22,29,30). The number of ether oxygens (including phenoxy) is 1. The van der Waals surface area contributed by atoms with Gasteiger partial charge in [-0.1, -0.05) is 18.2 Å². The number of nitrogens with two attached hydrogens (primary N) is 1. The smallest absolute Gasteiger partial charge is 0.403 e. The molecule has 10 nitrogen and oxygen atoms in total. The van der Waals surface area contributed by atoms with E-state index >= 15 is 0 Å². The molecule has 15 heteroatoms. The zero-order valence-electron chi connectivity index (χ0n) is 16.3. The molecule has 1 aromatic carbocycles. The molecule has 0 spiro atoms. The molecule has 0 amide bonds. The maximum Gasteiger partial charge on any atom is 0.573 e. The highest BCUT2D eigenvalue weighted by molar-refractivity contribution is 7.89. The van der Waals surface area contributed by atoms with Crippen molar-refractivity contribution in [3.05, 3.63) is 53.5 Å². The number of nitrogens with zero attached hydrogens (tertiary/aromatic N) is 5. The summed E-state index contributed by atoms with van der Waals surface area (Å²) >= 11 is 0. The molecule has 2 heterocycles. The number of hydrogen-bond acceptors (Lipinski definition) is 8. The fourth-order valence-electron chi connectivity index (χ4n) is 2.77. The Kier molecular flexibility index (Phi) is 6.17. The van der Waals surface area contributed by atoms with Gasteiger partial charge in [-0.3, -0.25) is 0 Å². The highest BCUT2D eigenvalue weighted by Crippen LogP contribution is 2.27. The maximum absolute atomic E-state index is 14.3. The van der Waals surface area contributed by atoms with Crippen LogP contribution in [0, 0.1) is 5.82 Å². The molecule has 1 unspecified atom stereocenters. The number of rotatable bonds is 7. The van der Waals surface area contributed by atoms with E-state index in [-0.39, 0.29) is 29.3 Å².